The van der Waals surface area contributed by atoms with Crippen LogP contribution in [0.1, 0.15) is 17.5 Å². The number of amides is 2. The van der Waals surface area contributed by atoms with Crippen LogP contribution in [0.2, 0.25) is 5.02 Å². The Kier molecular flexibility index (Phi) is 5.35. The number of fused-ring (bicyclic) bond motifs is 1. The van der Waals surface area contributed by atoms with Gasteiger partial charge in [0.25, 0.3) is 0 Å². The maximum absolute atomic E-state index is 12.5. The number of aromatic nitrogens is 1. The molecule has 0 saturated carbocycles. The molecule has 144 valence electrons. The van der Waals surface area contributed by atoms with Crippen molar-refractivity contribution in [3.05, 3.63) is 70.9 Å². The molecule has 6 heteroatoms. The smallest absolute Gasteiger partial charge is 0.225 e. The van der Waals surface area contributed by atoms with Crippen molar-refractivity contribution in [1.29, 1.82) is 0 Å². The van der Waals surface area contributed by atoms with Gasteiger partial charge in [-0.05, 0) is 35.7 Å². The summed E-state index contributed by atoms with van der Waals surface area (Å²) in [5.41, 5.74) is 3.30. The lowest BCUT2D eigenvalue weighted by Gasteiger charge is -2.16. The van der Waals surface area contributed by atoms with Crippen LogP contribution in [-0.4, -0.2) is 34.8 Å². The molecule has 1 fully saturated rings. The molecular weight excluding hydrogens is 374 g/mol. The number of nitrogens with zero attached hydrogens (tertiary/aromatic N) is 1. The minimum Gasteiger partial charge on any atom is -0.361 e. The fourth-order valence-corrected chi connectivity index (χ4v) is 3.84. The number of H-pyrrole nitrogens is 1. The quantitative estimate of drug-likeness (QED) is 0.670. The van der Waals surface area contributed by atoms with Gasteiger partial charge in [0.15, 0.2) is 0 Å². The first-order chi connectivity index (χ1) is 13.6. The van der Waals surface area contributed by atoms with E-state index >= 15 is 0 Å². The van der Waals surface area contributed by atoms with Crippen molar-refractivity contribution in [3.8, 4) is 0 Å². The van der Waals surface area contributed by atoms with Crippen LogP contribution in [0.3, 0.4) is 0 Å². The van der Waals surface area contributed by atoms with Crippen LogP contribution < -0.4 is 5.32 Å². The molecular formula is C22H22ClN3O2. The van der Waals surface area contributed by atoms with Crippen molar-refractivity contribution < 1.29 is 9.59 Å². The van der Waals surface area contributed by atoms with Crippen LogP contribution in [-0.2, 0) is 22.6 Å². The molecule has 1 aliphatic heterocycles. The van der Waals surface area contributed by atoms with Crippen molar-refractivity contribution in [2.45, 2.75) is 19.4 Å². The van der Waals surface area contributed by atoms with Gasteiger partial charge in [-0.2, -0.15) is 0 Å². The second-order valence-electron chi connectivity index (χ2n) is 7.20. The average Bonchev–Trinajstić information content (AvgIpc) is 3.28. The predicted molar refractivity (Wildman–Crippen MR) is 110 cm³/mol. The zero-order chi connectivity index (χ0) is 19.5. The van der Waals surface area contributed by atoms with Gasteiger partial charge in [-0.1, -0.05) is 41.9 Å². The number of carbonyl (C=O) groups is 2. The van der Waals surface area contributed by atoms with E-state index in [-0.39, 0.29) is 24.2 Å². The molecule has 0 bridgehead atoms. The molecule has 1 unspecified atom stereocenters. The largest absolute Gasteiger partial charge is 0.361 e. The first-order valence-corrected chi connectivity index (χ1v) is 9.83. The number of carbonyl (C=O) groups excluding carboxylic acids is 2. The third kappa shape index (κ3) is 4.04. The molecule has 0 spiro atoms. The van der Waals surface area contributed by atoms with Gasteiger partial charge in [0.05, 0.1) is 5.92 Å². The summed E-state index contributed by atoms with van der Waals surface area (Å²) in [6.07, 6.45) is 3.02. The lowest BCUT2D eigenvalue weighted by Crippen LogP contribution is -2.34. The van der Waals surface area contributed by atoms with Crippen LogP contribution >= 0.6 is 11.6 Å². The molecule has 0 aliphatic carbocycles. The zero-order valence-corrected chi connectivity index (χ0v) is 16.2. The van der Waals surface area contributed by atoms with Crippen LogP contribution in [0.15, 0.2) is 54.7 Å². The van der Waals surface area contributed by atoms with Crippen molar-refractivity contribution in [2.24, 2.45) is 5.92 Å². The lowest BCUT2D eigenvalue weighted by molar-refractivity contribution is -0.129. The number of para-hydroxylation sites is 1. The minimum absolute atomic E-state index is 0.0201. The summed E-state index contributed by atoms with van der Waals surface area (Å²) in [6.45, 7) is 1.53. The van der Waals surface area contributed by atoms with E-state index in [1.807, 2.05) is 48.7 Å². The van der Waals surface area contributed by atoms with E-state index in [2.05, 4.69) is 16.4 Å². The summed E-state index contributed by atoms with van der Waals surface area (Å²) in [5.74, 6) is -0.318. The fraction of sp³-hybridized carbons (Fsp3) is 0.273. The van der Waals surface area contributed by atoms with Crippen LogP contribution in [0.5, 0.6) is 0 Å². The number of rotatable bonds is 6. The van der Waals surface area contributed by atoms with Gasteiger partial charge in [-0.15, -0.1) is 0 Å². The minimum atomic E-state index is -0.289. The topological polar surface area (TPSA) is 65.2 Å². The molecule has 2 aromatic carbocycles. The van der Waals surface area contributed by atoms with Crippen LogP contribution in [0.25, 0.3) is 10.9 Å². The van der Waals surface area contributed by atoms with Gasteiger partial charge in [0.1, 0.15) is 0 Å². The maximum atomic E-state index is 12.5. The highest BCUT2D eigenvalue weighted by atomic mass is 35.5. The number of hydrogen-bond acceptors (Lipinski definition) is 2. The van der Waals surface area contributed by atoms with Crippen LogP contribution in [0.4, 0.5) is 0 Å². The van der Waals surface area contributed by atoms with Crippen molar-refractivity contribution >= 4 is 34.3 Å². The molecule has 2 amide bonds. The average molecular weight is 396 g/mol. The Balaban J connectivity index is 1.29. The standard InChI is InChI=1S/C22H22ClN3O2/c23-18-7-5-15(6-8-18)13-26-14-17(11-21(26)27)22(28)24-10-9-16-12-25-20-4-2-1-3-19(16)20/h1-8,12,17,25H,9-11,13-14H2,(H,24,28). The summed E-state index contributed by atoms with van der Waals surface area (Å²) >= 11 is 5.90. The van der Waals surface area contributed by atoms with E-state index in [4.69, 9.17) is 11.6 Å². The third-order valence-electron chi connectivity index (χ3n) is 5.24. The Morgan fingerprint density at radius 3 is 2.79 bits per heavy atom. The monoisotopic (exact) mass is 395 g/mol. The first kappa shape index (κ1) is 18.6. The summed E-state index contributed by atoms with van der Waals surface area (Å²) in [4.78, 5) is 29.8. The molecule has 5 nitrogen and oxygen atoms in total. The predicted octanol–water partition coefficient (Wildman–Crippen LogP) is 3.53. The fourth-order valence-electron chi connectivity index (χ4n) is 3.71. The van der Waals surface area contributed by atoms with Gasteiger partial charge >= 0.3 is 0 Å². The number of benzene rings is 2. The Hall–Kier alpha value is -2.79. The van der Waals surface area contributed by atoms with Gasteiger partial charge in [-0.25, -0.2) is 0 Å². The van der Waals surface area contributed by atoms with E-state index < -0.39 is 0 Å². The highest BCUT2D eigenvalue weighted by Gasteiger charge is 2.34. The van der Waals surface area contributed by atoms with Crippen molar-refractivity contribution in [2.75, 3.05) is 13.1 Å². The number of likely N-dealkylation sites (tertiary alicyclic amines) is 1. The Morgan fingerprint density at radius 1 is 1.18 bits per heavy atom. The zero-order valence-electron chi connectivity index (χ0n) is 15.5. The highest BCUT2D eigenvalue weighted by Crippen LogP contribution is 2.22. The molecule has 1 aromatic heterocycles. The molecule has 0 radical (unpaired) electrons. The van der Waals surface area contributed by atoms with Crippen LogP contribution in [0, 0.1) is 5.92 Å². The number of aromatic amines is 1. The van der Waals surface area contributed by atoms with E-state index in [9.17, 15) is 9.59 Å². The first-order valence-electron chi connectivity index (χ1n) is 9.45. The van der Waals surface area contributed by atoms with E-state index in [0.29, 0.717) is 24.7 Å². The van der Waals surface area contributed by atoms with Crippen molar-refractivity contribution in [3.63, 3.8) is 0 Å². The number of halogens is 1. The van der Waals surface area contributed by atoms with Gasteiger partial charge < -0.3 is 15.2 Å². The number of nitrogens with one attached hydrogen (secondary N) is 2. The molecule has 1 saturated heterocycles. The maximum Gasteiger partial charge on any atom is 0.225 e. The molecule has 2 N–H and O–H groups in total. The lowest BCUT2D eigenvalue weighted by atomic mass is 10.1. The van der Waals surface area contributed by atoms with Gasteiger partial charge in [0, 0.05) is 48.2 Å². The molecule has 4 rings (SSSR count). The molecule has 28 heavy (non-hydrogen) atoms. The second kappa shape index (κ2) is 8.07. The summed E-state index contributed by atoms with van der Waals surface area (Å²) in [5, 5.41) is 4.84. The summed E-state index contributed by atoms with van der Waals surface area (Å²) in [7, 11) is 0. The Bertz CT molecular complexity index is 996. The number of hydrogen-bond donors (Lipinski definition) is 2. The molecule has 1 atom stereocenters. The summed E-state index contributed by atoms with van der Waals surface area (Å²) < 4.78 is 0. The Morgan fingerprint density at radius 2 is 1.96 bits per heavy atom. The molecule has 3 aromatic rings. The summed E-state index contributed by atoms with van der Waals surface area (Å²) in [6, 6.07) is 15.6. The molecule has 1 aliphatic rings. The Labute approximate surface area is 168 Å². The highest BCUT2D eigenvalue weighted by molar-refractivity contribution is 6.30. The second-order valence-corrected chi connectivity index (χ2v) is 7.64. The third-order valence-corrected chi connectivity index (χ3v) is 5.49. The van der Waals surface area contributed by atoms with Gasteiger partial charge in [0.2, 0.25) is 11.8 Å². The van der Waals surface area contributed by atoms with E-state index in [1.165, 1.54) is 10.9 Å². The van der Waals surface area contributed by atoms with Gasteiger partial charge in [-0.3, -0.25) is 9.59 Å². The van der Waals surface area contributed by atoms with Crippen molar-refractivity contribution in [1.82, 2.24) is 15.2 Å². The van der Waals surface area contributed by atoms with E-state index in [0.717, 1.165) is 17.5 Å². The molecule has 2 heterocycles. The normalized spacial score (nSPS) is 16.7. The SMILES string of the molecule is O=C(NCCc1c[nH]c2ccccc12)C1CC(=O)N(Cc2ccc(Cl)cc2)C1. The van der Waals surface area contributed by atoms with E-state index in [1.54, 1.807) is 4.90 Å².